The second-order valence-corrected chi connectivity index (χ2v) is 8.44. The number of benzene rings is 3. The molecule has 0 unspecified atom stereocenters. The van der Waals surface area contributed by atoms with Gasteiger partial charge >= 0.3 is 0 Å². The van der Waals surface area contributed by atoms with Crippen LogP contribution in [0.2, 0.25) is 0 Å². The second kappa shape index (κ2) is 9.89. The molecule has 172 valence electrons. The summed E-state index contributed by atoms with van der Waals surface area (Å²) in [5, 5.41) is 7.92. The minimum Gasteiger partial charge on any atom is -0.355 e. The van der Waals surface area contributed by atoms with Crippen LogP contribution < -0.4 is 5.32 Å². The molecule has 7 nitrogen and oxygen atoms in total. The van der Waals surface area contributed by atoms with Gasteiger partial charge < -0.3 is 14.7 Å². The van der Waals surface area contributed by atoms with Crippen molar-refractivity contribution in [2.75, 3.05) is 32.7 Å². The van der Waals surface area contributed by atoms with E-state index in [1.807, 2.05) is 77.7 Å². The van der Waals surface area contributed by atoms with Crippen LogP contribution >= 0.6 is 0 Å². The highest BCUT2D eigenvalue weighted by atomic mass is 16.5. The topological polar surface area (TPSA) is 78.7 Å². The minimum absolute atomic E-state index is 0.00465. The molecule has 0 bridgehead atoms. The Balaban J connectivity index is 1.18. The lowest BCUT2D eigenvalue weighted by Gasteiger charge is -2.34. The van der Waals surface area contributed by atoms with Gasteiger partial charge in [-0.1, -0.05) is 65.8 Å². The van der Waals surface area contributed by atoms with Crippen LogP contribution in [0.25, 0.3) is 22.2 Å². The normalized spacial score (nSPS) is 14.3. The number of amides is 2. The van der Waals surface area contributed by atoms with Crippen LogP contribution in [0.15, 0.2) is 83.4 Å². The smallest absolute Gasteiger partial charge is 0.253 e. The van der Waals surface area contributed by atoms with E-state index in [2.05, 4.69) is 15.4 Å². The van der Waals surface area contributed by atoms with E-state index in [9.17, 15) is 9.59 Å². The summed E-state index contributed by atoms with van der Waals surface area (Å²) in [6.07, 6.45) is 0. The molecule has 1 aliphatic heterocycles. The van der Waals surface area contributed by atoms with E-state index in [1.165, 1.54) is 0 Å². The van der Waals surface area contributed by atoms with Crippen LogP contribution in [-0.4, -0.2) is 59.5 Å². The minimum atomic E-state index is -0.0182. The van der Waals surface area contributed by atoms with E-state index in [1.54, 1.807) is 6.07 Å². The SMILES string of the molecule is O=C(CN1CCN(C(=O)c2ccc3noc(-c4ccccc4)c3c2)CC1)NCc1ccccc1. The number of carbonyl (C=O) groups excluding carboxylic acids is 2. The lowest BCUT2D eigenvalue weighted by atomic mass is 10.1. The molecule has 0 spiro atoms. The number of hydrogen-bond donors (Lipinski definition) is 1. The van der Waals surface area contributed by atoms with Crippen LogP contribution in [0, 0.1) is 0 Å². The van der Waals surface area contributed by atoms with Crippen LogP contribution in [-0.2, 0) is 11.3 Å². The predicted octanol–water partition coefficient (Wildman–Crippen LogP) is 3.57. The molecule has 0 atom stereocenters. The maximum atomic E-state index is 13.2. The number of hydrogen-bond acceptors (Lipinski definition) is 5. The zero-order valence-electron chi connectivity index (χ0n) is 18.8. The van der Waals surface area contributed by atoms with Gasteiger partial charge in [0.15, 0.2) is 5.76 Å². The first-order chi connectivity index (χ1) is 16.7. The number of rotatable bonds is 6. The zero-order valence-corrected chi connectivity index (χ0v) is 18.8. The molecular weight excluding hydrogens is 428 g/mol. The standard InChI is InChI=1S/C27H26N4O3/c32-25(28-18-20-7-3-1-4-8-20)19-30-13-15-31(16-14-30)27(33)22-11-12-24-23(17-22)26(34-29-24)21-9-5-2-6-10-21/h1-12,17H,13-16,18-19H2,(H,28,32). The molecule has 4 aromatic rings. The van der Waals surface area contributed by atoms with Gasteiger partial charge in [-0.15, -0.1) is 0 Å². The van der Waals surface area contributed by atoms with E-state index in [0.717, 1.165) is 22.0 Å². The molecule has 0 radical (unpaired) electrons. The van der Waals surface area contributed by atoms with Gasteiger partial charge in [-0.05, 0) is 23.8 Å². The first kappa shape index (κ1) is 21.9. The van der Waals surface area contributed by atoms with Crippen molar-refractivity contribution in [3.63, 3.8) is 0 Å². The number of piperazine rings is 1. The van der Waals surface area contributed by atoms with Gasteiger partial charge in [-0.3, -0.25) is 14.5 Å². The van der Waals surface area contributed by atoms with Crippen molar-refractivity contribution >= 4 is 22.7 Å². The summed E-state index contributed by atoms with van der Waals surface area (Å²) in [6.45, 7) is 3.34. The number of aromatic nitrogens is 1. The van der Waals surface area contributed by atoms with Crippen molar-refractivity contribution in [3.8, 4) is 11.3 Å². The molecule has 3 aromatic carbocycles. The van der Waals surface area contributed by atoms with Crippen molar-refractivity contribution in [1.82, 2.24) is 20.3 Å². The number of nitrogens with one attached hydrogen (secondary N) is 1. The molecule has 2 heterocycles. The first-order valence-corrected chi connectivity index (χ1v) is 11.4. The fourth-order valence-corrected chi connectivity index (χ4v) is 4.22. The average Bonchev–Trinajstić information content (AvgIpc) is 3.32. The third kappa shape index (κ3) is 4.84. The molecule has 1 aliphatic rings. The summed E-state index contributed by atoms with van der Waals surface area (Å²) in [5.41, 5.74) is 3.34. The van der Waals surface area contributed by atoms with E-state index < -0.39 is 0 Å². The Labute approximate surface area is 197 Å². The quantitative estimate of drug-likeness (QED) is 0.482. The van der Waals surface area contributed by atoms with Gasteiger partial charge in [0.25, 0.3) is 5.91 Å². The molecule has 1 saturated heterocycles. The predicted molar refractivity (Wildman–Crippen MR) is 130 cm³/mol. The van der Waals surface area contributed by atoms with Crippen molar-refractivity contribution in [2.45, 2.75) is 6.54 Å². The number of fused-ring (bicyclic) bond motifs is 1. The van der Waals surface area contributed by atoms with Gasteiger partial charge in [-0.25, -0.2) is 0 Å². The highest BCUT2D eigenvalue weighted by Crippen LogP contribution is 2.29. The molecule has 0 saturated carbocycles. The lowest BCUT2D eigenvalue weighted by molar-refractivity contribution is -0.122. The van der Waals surface area contributed by atoms with Gasteiger partial charge in [-0.2, -0.15) is 0 Å². The van der Waals surface area contributed by atoms with Gasteiger partial charge in [0.2, 0.25) is 5.91 Å². The highest BCUT2D eigenvalue weighted by molar-refractivity contribution is 6.01. The average molecular weight is 455 g/mol. The summed E-state index contributed by atoms with van der Waals surface area (Å²) in [7, 11) is 0. The van der Waals surface area contributed by atoms with Crippen molar-refractivity contribution in [3.05, 3.63) is 90.0 Å². The molecule has 1 fully saturated rings. The summed E-state index contributed by atoms with van der Waals surface area (Å²) in [6, 6.07) is 25.1. The fraction of sp³-hybridized carbons (Fsp3) is 0.222. The number of nitrogens with zero attached hydrogens (tertiary/aromatic N) is 3. The zero-order chi connectivity index (χ0) is 23.3. The van der Waals surface area contributed by atoms with E-state index in [-0.39, 0.29) is 11.8 Å². The molecule has 34 heavy (non-hydrogen) atoms. The maximum Gasteiger partial charge on any atom is 0.253 e. The highest BCUT2D eigenvalue weighted by Gasteiger charge is 2.24. The third-order valence-corrected chi connectivity index (χ3v) is 6.12. The van der Waals surface area contributed by atoms with E-state index in [4.69, 9.17) is 4.52 Å². The largest absolute Gasteiger partial charge is 0.355 e. The summed E-state index contributed by atoms with van der Waals surface area (Å²) in [5.74, 6) is 0.641. The van der Waals surface area contributed by atoms with E-state index in [0.29, 0.717) is 50.6 Å². The second-order valence-electron chi connectivity index (χ2n) is 8.44. The Kier molecular flexibility index (Phi) is 6.35. The lowest BCUT2D eigenvalue weighted by Crippen LogP contribution is -2.51. The molecule has 1 N–H and O–H groups in total. The Morgan fingerprint density at radius 3 is 2.32 bits per heavy atom. The molecule has 1 aromatic heterocycles. The Morgan fingerprint density at radius 1 is 0.882 bits per heavy atom. The summed E-state index contributed by atoms with van der Waals surface area (Å²) < 4.78 is 5.56. The Morgan fingerprint density at radius 2 is 1.59 bits per heavy atom. The summed E-state index contributed by atoms with van der Waals surface area (Å²) in [4.78, 5) is 29.4. The van der Waals surface area contributed by atoms with Crippen molar-refractivity contribution in [2.24, 2.45) is 0 Å². The van der Waals surface area contributed by atoms with Gasteiger partial charge in [0, 0.05) is 43.9 Å². The molecule has 0 aliphatic carbocycles. The van der Waals surface area contributed by atoms with Gasteiger partial charge in [0.1, 0.15) is 5.52 Å². The maximum absolute atomic E-state index is 13.2. The molecule has 2 amide bonds. The third-order valence-electron chi connectivity index (χ3n) is 6.12. The van der Waals surface area contributed by atoms with Gasteiger partial charge in [0.05, 0.1) is 11.9 Å². The van der Waals surface area contributed by atoms with Crippen LogP contribution in [0.5, 0.6) is 0 Å². The molecule has 7 heteroatoms. The summed E-state index contributed by atoms with van der Waals surface area (Å²) >= 11 is 0. The molecular formula is C27H26N4O3. The van der Waals surface area contributed by atoms with Crippen LogP contribution in [0.3, 0.4) is 0 Å². The van der Waals surface area contributed by atoms with Crippen molar-refractivity contribution in [1.29, 1.82) is 0 Å². The number of carbonyl (C=O) groups is 2. The Hall–Kier alpha value is -3.97. The first-order valence-electron chi connectivity index (χ1n) is 11.4. The van der Waals surface area contributed by atoms with Crippen LogP contribution in [0.1, 0.15) is 15.9 Å². The monoisotopic (exact) mass is 454 g/mol. The van der Waals surface area contributed by atoms with Crippen molar-refractivity contribution < 1.29 is 14.1 Å². The van der Waals surface area contributed by atoms with E-state index >= 15 is 0 Å². The Bertz CT molecular complexity index is 1280. The molecule has 5 rings (SSSR count). The van der Waals surface area contributed by atoms with Crippen LogP contribution in [0.4, 0.5) is 0 Å². The fourth-order valence-electron chi connectivity index (χ4n) is 4.22.